The first kappa shape index (κ1) is 12.5. The summed E-state index contributed by atoms with van der Waals surface area (Å²) in [5.41, 5.74) is 0. The molecule has 2 rings (SSSR count). The largest absolute Gasteiger partial charge is 0.309 e. The van der Waals surface area contributed by atoms with E-state index < -0.39 is 10.0 Å². The molecule has 1 heterocycles. The molecule has 0 atom stereocenters. The van der Waals surface area contributed by atoms with Crippen molar-refractivity contribution in [3.05, 3.63) is 5.82 Å². The monoisotopic (exact) mass is 259 g/mol. The van der Waals surface area contributed by atoms with Crippen molar-refractivity contribution >= 4 is 10.0 Å². The second-order valence-corrected chi connectivity index (χ2v) is 6.05. The summed E-state index contributed by atoms with van der Waals surface area (Å²) in [6.07, 6.45) is 2.61. The third-order valence-electron chi connectivity index (χ3n) is 2.68. The van der Waals surface area contributed by atoms with Crippen molar-refractivity contribution < 1.29 is 8.42 Å². The van der Waals surface area contributed by atoms with Gasteiger partial charge in [0.25, 0.3) is 15.2 Å². The SMILES string of the molecule is CN(C)CCc1nnc(S(N)(=O)=O)n1C1CC1. The zero-order valence-electron chi connectivity index (χ0n) is 10.00. The van der Waals surface area contributed by atoms with E-state index in [2.05, 4.69) is 10.2 Å². The van der Waals surface area contributed by atoms with Gasteiger partial charge in [-0.1, -0.05) is 0 Å². The predicted molar refractivity (Wildman–Crippen MR) is 61.9 cm³/mol. The number of likely N-dealkylation sites (N-methyl/N-ethyl adjacent to an activating group) is 1. The van der Waals surface area contributed by atoms with Crippen LogP contribution >= 0.6 is 0 Å². The Bertz CT molecular complexity index is 503. The Morgan fingerprint density at radius 1 is 1.41 bits per heavy atom. The maximum Gasteiger partial charge on any atom is 0.273 e. The minimum absolute atomic E-state index is 0.103. The van der Waals surface area contributed by atoms with Gasteiger partial charge in [0.1, 0.15) is 5.82 Å². The van der Waals surface area contributed by atoms with E-state index in [1.54, 1.807) is 4.57 Å². The van der Waals surface area contributed by atoms with E-state index in [-0.39, 0.29) is 11.2 Å². The van der Waals surface area contributed by atoms with Gasteiger partial charge in [-0.15, -0.1) is 10.2 Å². The van der Waals surface area contributed by atoms with Gasteiger partial charge in [-0.2, -0.15) is 0 Å². The van der Waals surface area contributed by atoms with Crippen molar-refractivity contribution in [3.63, 3.8) is 0 Å². The van der Waals surface area contributed by atoms with Crippen molar-refractivity contribution in [2.45, 2.75) is 30.5 Å². The summed E-state index contributed by atoms with van der Waals surface area (Å²) in [6.45, 7) is 0.801. The van der Waals surface area contributed by atoms with Crippen LogP contribution in [0, 0.1) is 0 Å². The third kappa shape index (κ3) is 2.82. The van der Waals surface area contributed by atoms with Crippen LogP contribution in [0.3, 0.4) is 0 Å². The molecule has 96 valence electrons. The maximum atomic E-state index is 11.4. The van der Waals surface area contributed by atoms with E-state index in [0.29, 0.717) is 12.2 Å². The van der Waals surface area contributed by atoms with Gasteiger partial charge in [-0.05, 0) is 26.9 Å². The summed E-state index contributed by atoms with van der Waals surface area (Å²) in [6, 6.07) is 0.204. The minimum atomic E-state index is -3.78. The van der Waals surface area contributed by atoms with Crippen LogP contribution in [-0.2, 0) is 16.4 Å². The van der Waals surface area contributed by atoms with E-state index in [4.69, 9.17) is 5.14 Å². The van der Waals surface area contributed by atoms with Gasteiger partial charge in [0.05, 0.1) is 0 Å². The van der Waals surface area contributed by atoms with E-state index in [1.165, 1.54) is 0 Å². The van der Waals surface area contributed by atoms with Crippen LogP contribution < -0.4 is 5.14 Å². The fraction of sp³-hybridized carbons (Fsp3) is 0.778. The molecular formula is C9H17N5O2S. The molecular weight excluding hydrogens is 242 g/mol. The highest BCUT2D eigenvalue weighted by molar-refractivity contribution is 7.89. The number of rotatable bonds is 5. The standard InChI is InChI=1S/C9H17N5O2S/c1-13(2)6-5-8-11-12-9(17(10,15)16)14(8)7-3-4-7/h7H,3-6H2,1-2H3,(H2,10,15,16). The molecule has 0 aromatic carbocycles. The zero-order valence-corrected chi connectivity index (χ0v) is 10.8. The first-order chi connectivity index (χ1) is 7.89. The first-order valence-corrected chi connectivity index (χ1v) is 7.05. The Labute approximate surface area is 101 Å². The van der Waals surface area contributed by atoms with Gasteiger partial charge in [-0.3, -0.25) is 4.57 Å². The lowest BCUT2D eigenvalue weighted by molar-refractivity contribution is 0.404. The van der Waals surface area contributed by atoms with Gasteiger partial charge in [0.15, 0.2) is 0 Å². The summed E-state index contributed by atoms with van der Waals surface area (Å²) in [7, 11) is 0.133. The van der Waals surface area contributed by atoms with Gasteiger partial charge in [0, 0.05) is 19.0 Å². The van der Waals surface area contributed by atoms with Crippen LogP contribution in [0.2, 0.25) is 0 Å². The molecule has 0 bridgehead atoms. The molecule has 7 nitrogen and oxygen atoms in total. The summed E-state index contributed by atoms with van der Waals surface area (Å²) in [5.74, 6) is 0.699. The molecule has 1 aliphatic rings. The van der Waals surface area contributed by atoms with Crippen LogP contribution in [-0.4, -0.2) is 48.7 Å². The molecule has 0 spiro atoms. The topological polar surface area (TPSA) is 94.1 Å². The molecule has 8 heteroatoms. The fourth-order valence-electron chi connectivity index (χ4n) is 1.69. The molecule has 0 aliphatic heterocycles. The number of aromatic nitrogens is 3. The lowest BCUT2D eigenvalue weighted by Gasteiger charge is -2.10. The summed E-state index contributed by atoms with van der Waals surface area (Å²) in [5, 5.41) is 12.7. The van der Waals surface area contributed by atoms with Crippen molar-refractivity contribution in [1.29, 1.82) is 0 Å². The first-order valence-electron chi connectivity index (χ1n) is 5.51. The Hall–Kier alpha value is -0.990. The van der Waals surface area contributed by atoms with Crippen LogP contribution in [0.1, 0.15) is 24.7 Å². The molecule has 1 fully saturated rings. The van der Waals surface area contributed by atoms with Crippen LogP contribution in [0.15, 0.2) is 5.16 Å². The summed E-state index contributed by atoms with van der Waals surface area (Å²) in [4.78, 5) is 2.02. The Morgan fingerprint density at radius 2 is 2.06 bits per heavy atom. The van der Waals surface area contributed by atoms with E-state index in [1.807, 2.05) is 19.0 Å². The Kier molecular flexibility index (Phi) is 3.19. The lowest BCUT2D eigenvalue weighted by Crippen LogP contribution is -2.21. The molecule has 1 aromatic heterocycles. The van der Waals surface area contributed by atoms with Crippen molar-refractivity contribution in [2.75, 3.05) is 20.6 Å². The van der Waals surface area contributed by atoms with Crippen molar-refractivity contribution in [3.8, 4) is 0 Å². The number of sulfonamides is 1. The molecule has 1 aliphatic carbocycles. The quantitative estimate of drug-likeness (QED) is 0.759. The second-order valence-electron chi connectivity index (χ2n) is 4.60. The predicted octanol–water partition coefficient (Wildman–Crippen LogP) is -0.635. The van der Waals surface area contributed by atoms with Crippen LogP contribution in [0.4, 0.5) is 0 Å². The number of primary sulfonamides is 1. The summed E-state index contributed by atoms with van der Waals surface area (Å²) < 4.78 is 24.4. The Morgan fingerprint density at radius 3 is 2.53 bits per heavy atom. The molecule has 0 unspecified atom stereocenters. The van der Waals surface area contributed by atoms with Crippen LogP contribution in [0.5, 0.6) is 0 Å². The normalized spacial score (nSPS) is 16.7. The second kappa shape index (κ2) is 4.35. The highest BCUT2D eigenvalue weighted by atomic mass is 32.2. The molecule has 1 saturated carbocycles. The lowest BCUT2D eigenvalue weighted by atomic mass is 10.4. The Balaban J connectivity index is 2.30. The van der Waals surface area contributed by atoms with Gasteiger partial charge in [0.2, 0.25) is 0 Å². The number of nitrogens with two attached hydrogens (primary N) is 1. The van der Waals surface area contributed by atoms with Gasteiger partial charge < -0.3 is 4.90 Å². The van der Waals surface area contributed by atoms with E-state index in [9.17, 15) is 8.42 Å². The molecule has 0 radical (unpaired) electrons. The van der Waals surface area contributed by atoms with Gasteiger partial charge >= 0.3 is 0 Å². The fourth-order valence-corrected chi connectivity index (χ4v) is 2.38. The summed E-state index contributed by atoms with van der Waals surface area (Å²) >= 11 is 0. The highest BCUT2D eigenvalue weighted by Crippen LogP contribution is 2.37. The minimum Gasteiger partial charge on any atom is -0.309 e. The molecule has 0 saturated heterocycles. The van der Waals surface area contributed by atoms with Crippen molar-refractivity contribution in [2.24, 2.45) is 5.14 Å². The molecule has 17 heavy (non-hydrogen) atoms. The number of hydrogen-bond donors (Lipinski definition) is 1. The average molecular weight is 259 g/mol. The van der Waals surface area contributed by atoms with E-state index >= 15 is 0 Å². The van der Waals surface area contributed by atoms with Gasteiger partial charge in [-0.25, -0.2) is 13.6 Å². The third-order valence-corrected chi connectivity index (χ3v) is 3.47. The van der Waals surface area contributed by atoms with E-state index in [0.717, 1.165) is 19.4 Å². The smallest absolute Gasteiger partial charge is 0.273 e. The number of hydrogen-bond acceptors (Lipinski definition) is 5. The average Bonchev–Trinajstić information content (AvgIpc) is 2.93. The molecule has 0 amide bonds. The highest BCUT2D eigenvalue weighted by Gasteiger charge is 2.32. The molecule has 2 N–H and O–H groups in total. The van der Waals surface area contributed by atoms with Crippen LogP contribution in [0.25, 0.3) is 0 Å². The molecule has 1 aromatic rings. The van der Waals surface area contributed by atoms with Crippen molar-refractivity contribution in [1.82, 2.24) is 19.7 Å². The zero-order chi connectivity index (χ0) is 12.6. The maximum absolute atomic E-state index is 11.4. The number of nitrogens with zero attached hydrogens (tertiary/aromatic N) is 4.